The second-order valence-corrected chi connectivity index (χ2v) is 8.93. The van der Waals surface area contributed by atoms with Crippen LogP contribution in [-0.2, 0) is 0 Å². The van der Waals surface area contributed by atoms with E-state index in [2.05, 4.69) is 38.3 Å². The molecule has 160 valence electrons. The van der Waals surface area contributed by atoms with Gasteiger partial charge in [-0.25, -0.2) is 0 Å². The van der Waals surface area contributed by atoms with Crippen LogP contribution in [0.5, 0.6) is 0 Å². The molecule has 0 spiro atoms. The van der Waals surface area contributed by atoms with Crippen molar-refractivity contribution in [1.82, 2.24) is 4.98 Å². The van der Waals surface area contributed by atoms with E-state index in [4.69, 9.17) is 0 Å². The third-order valence-electron chi connectivity index (χ3n) is 6.48. The maximum Gasteiger partial charge on any atom is 0.255 e. The first kappa shape index (κ1) is 20.6. The van der Waals surface area contributed by atoms with Gasteiger partial charge < -0.3 is 5.32 Å². The molecule has 2 aliphatic rings. The van der Waals surface area contributed by atoms with Gasteiger partial charge in [0.25, 0.3) is 5.91 Å². The SMILES string of the molecule is C=C(C1C[C@@H]2C=C[C@H]1C2)N(C(=O)P)c1ccc(C(=O)Nc2cccc3cccnc23)cc1. The van der Waals surface area contributed by atoms with Gasteiger partial charge in [0.2, 0.25) is 5.65 Å². The number of benzene rings is 2. The third-order valence-corrected chi connectivity index (χ3v) is 6.74. The Balaban J connectivity index is 1.35. The van der Waals surface area contributed by atoms with Crippen LogP contribution >= 0.6 is 9.24 Å². The molecular formula is C26H24N3O2P. The second-order valence-electron chi connectivity index (χ2n) is 8.43. The molecule has 5 rings (SSSR count). The molecule has 1 aromatic heterocycles. The number of allylic oxidation sites excluding steroid dienone is 3. The number of aromatic nitrogens is 1. The Bertz CT molecular complexity index is 1250. The van der Waals surface area contributed by atoms with Gasteiger partial charge in [-0.05, 0) is 70.3 Å². The Kier molecular flexibility index (Phi) is 5.36. The number of hydrogen-bond acceptors (Lipinski definition) is 3. The van der Waals surface area contributed by atoms with Crippen LogP contribution in [0.2, 0.25) is 0 Å². The number of para-hydroxylation sites is 1. The van der Waals surface area contributed by atoms with E-state index in [0.29, 0.717) is 28.8 Å². The van der Waals surface area contributed by atoms with Gasteiger partial charge in [0, 0.05) is 34.4 Å². The highest BCUT2D eigenvalue weighted by Gasteiger charge is 2.39. The smallest absolute Gasteiger partial charge is 0.255 e. The lowest BCUT2D eigenvalue weighted by Crippen LogP contribution is -2.30. The summed E-state index contributed by atoms with van der Waals surface area (Å²) in [6.07, 6.45) is 8.42. The summed E-state index contributed by atoms with van der Waals surface area (Å²) >= 11 is 0. The maximum absolute atomic E-state index is 12.9. The standard InChI is InChI=1S/C26H24N3O2P/c1-16(22-15-17-7-8-20(22)14-17)29(26(31)32)21-11-9-19(10-12-21)25(30)28-23-6-2-4-18-5-3-13-27-24(18)23/h2-13,17,20,22H,1,14-15,32H2,(H,28,30)/t17-,20+,22?/m1/s1. The molecule has 1 N–H and O–H groups in total. The average Bonchev–Trinajstić information content (AvgIpc) is 3.43. The molecule has 32 heavy (non-hydrogen) atoms. The van der Waals surface area contributed by atoms with Gasteiger partial charge in [-0.3, -0.25) is 19.5 Å². The van der Waals surface area contributed by atoms with Crippen molar-refractivity contribution in [2.45, 2.75) is 12.8 Å². The van der Waals surface area contributed by atoms with E-state index in [9.17, 15) is 9.59 Å². The van der Waals surface area contributed by atoms with Crippen LogP contribution in [0.15, 0.2) is 85.2 Å². The first-order valence-corrected chi connectivity index (χ1v) is 11.3. The number of carbonyl (C=O) groups is 2. The molecule has 3 aromatic rings. The van der Waals surface area contributed by atoms with Crippen molar-refractivity contribution in [2.75, 3.05) is 10.2 Å². The van der Waals surface area contributed by atoms with Gasteiger partial charge in [0.1, 0.15) is 0 Å². The van der Waals surface area contributed by atoms with E-state index in [1.54, 1.807) is 35.4 Å². The van der Waals surface area contributed by atoms with Crippen molar-refractivity contribution < 1.29 is 9.59 Å². The van der Waals surface area contributed by atoms with Crippen LogP contribution in [0, 0.1) is 17.8 Å². The van der Waals surface area contributed by atoms with Crippen LogP contribution in [0.4, 0.5) is 16.2 Å². The number of carbonyl (C=O) groups excluding carboxylic acids is 2. The number of hydrogen-bond donors (Lipinski definition) is 1. The largest absolute Gasteiger partial charge is 0.320 e. The summed E-state index contributed by atoms with van der Waals surface area (Å²) in [4.78, 5) is 31.3. The fraction of sp³-hybridized carbons (Fsp3) is 0.192. The summed E-state index contributed by atoms with van der Waals surface area (Å²) in [6, 6.07) is 16.6. The van der Waals surface area contributed by atoms with E-state index in [0.717, 1.165) is 29.4 Å². The fourth-order valence-electron chi connectivity index (χ4n) is 4.93. The second kappa shape index (κ2) is 8.33. The number of amides is 2. The molecule has 6 heteroatoms. The van der Waals surface area contributed by atoms with Crippen molar-refractivity contribution in [3.05, 3.63) is 90.8 Å². The van der Waals surface area contributed by atoms with Crippen molar-refractivity contribution in [3.8, 4) is 0 Å². The highest BCUT2D eigenvalue weighted by atomic mass is 31.0. The molecule has 0 radical (unpaired) electrons. The number of rotatable bonds is 5. The minimum absolute atomic E-state index is 0.152. The minimum Gasteiger partial charge on any atom is -0.320 e. The first-order valence-electron chi connectivity index (χ1n) is 10.7. The maximum atomic E-state index is 12.9. The lowest BCUT2D eigenvalue weighted by molar-refractivity contribution is 0.102. The lowest BCUT2D eigenvalue weighted by Gasteiger charge is -2.30. The van der Waals surface area contributed by atoms with Crippen molar-refractivity contribution in [1.29, 1.82) is 0 Å². The molecule has 2 amide bonds. The summed E-state index contributed by atoms with van der Waals surface area (Å²) in [5, 5.41) is 3.91. The quantitative estimate of drug-likeness (QED) is 0.389. The monoisotopic (exact) mass is 441 g/mol. The number of nitrogens with zero attached hydrogens (tertiary/aromatic N) is 2. The van der Waals surface area contributed by atoms with Gasteiger partial charge in [-0.15, -0.1) is 0 Å². The van der Waals surface area contributed by atoms with Crippen LogP contribution < -0.4 is 10.2 Å². The number of fused-ring (bicyclic) bond motifs is 3. The molecule has 2 unspecified atom stereocenters. The normalized spacial score (nSPS) is 21.0. The van der Waals surface area contributed by atoms with Gasteiger partial charge in [0.05, 0.1) is 11.2 Å². The van der Waals surface area contributed by atoms with E-state index >= 15 is 0 Å². The molecule has 5 nitrogen and oxygen atoms in total. The Morgan fingerprint density at radius 1 is 1.03 bits per heavy atom. The zero-order valence-electron chi connectivity index (χ0n) is 17.6. The fourth-order valence-corrected chi connectivity index (χ4v) is 5.24. The van der Waals surface area contributed by atoms with Crippen LogP contribution in [-0.4, -0.2) is 16.5 Å². The predicted molar refractivity (Wildman–Crippen MR) is 132 cm³/mol. The van der Waals surface area contributed by atoms with Gasteiger partial charge in [0.15, 0.2) is 0 Å². The van der Waals surface area contributed by atoms with Crippen molar-refractivity contribution in [3.63, 3.8) is 0 Å². The van der Waals surface area contributed by atoms with E-state index in [1.807, 2.05) is 30.3 Å². The highest BCUT2D eigenvalue weighted by molar-refractivity contribution is 7.40. The molecule has 4 atom stereocenters. The topological polar surface area (TPSA) is 62.3 Å². The molecule has 2 aromatic carbocycles. The first-order chi connectivity index (χ1) is 15.5. The van der Waals surface area contributed by atoms with Crippen LogP contribution in [0.3, 0.4) is 0 Å². The average molecular weight is 441 g/mol. The summed E-state index contributed by atoms with van der Waals surface area (Å²) in [5.41, 5.74) is 3.30. The molecule has 0 saturated heterocycles. The summed E-state index contributed by atoms with van der Waals surface area (Å²) in [6.45, 7) is 4.27. The van der Waals surface area contributed by atoms with Gasteiger partial charge in [-0.1, -0.05) is 36.9 Å². The summed E-state index contributed by atoms with van der Waals surface area (Å²) in [5.74, 6) is 1.10. The number of anilines is 2. The number of nitrogens with one attached hydrogen (secondary N) is 1. The molecule has 2 aliphatic carbocycles. The van der Waals surface area contributed by atoms with E-state index < -0.39 is 0 Å². The Labute approximate surface area is 189 Å². The Hall–Kier alpha value is -3.30. The van der Waals surface area contributed by atoms with E-state index in [1.165, 1.54) is 0 Å². The van der Waals surface area contributed by atoms with Crippen molar-refractivity contribution in [2.24, 2.45) is 17.8 Å². The molecule has 1 fully saturated rings. The zero-order chi connectivity index (χ0) is 22.2. The zero-order valence-corrected chi connectivity index (χ0v) is 18.7. The molecular weight excluding hydrogens is 417 g/mol. The lowest BCUT2D eigenvalue weighted by atomic mass is 9.90. The highest BCUT2D eigenvalue weighted by Crippen LogP contribution is 2.47. The van der Waals surface area contributed by atoms with Crippen LogP contribution in [0.25, 0.3) is 10.9 Å². The van der Waals surface area contributed by atoms with Crippen molar-refractivity contribution >= 4 is 43.1 Å². The van der Waals surface area contributed by atoms with Gasteiger partial charge in [-0.2, -0.15) is 0 Å². The van der Waals surface area contributed by atoms with Crippen LogP contribution in [0.1, 0.15) is 23.2 Å². The molecule has 1 heterocycles. The molecule has 1 saturated carbocycles. The Morgan fingerprint density at radius 3 is 2.50 bits per heavy atom. The number of pyridine rings is 1. The predicted octanol–water partition coefficient (Wildman–Crippen LogP) is 6.01. The van der Waals surface area contributed by atoms with E-state index in [-0.39, 0.29) is 17.5 Å². The van der Waals surface area contributed by atoms with Gasteiger partial charge >= 0.3 is 0 Å². The molecule has 0 aliphatic heterocycles. The molecule has 2 bridgehead atoms. The third kappa shape index (κ3) is 3.74. The Morgan fingerprint density at radius 2 is 1.81 bits per heavy atom. The summed E-state index contributed by atoms with van der Waals surface area (Å²) < 4.78 is 0. The summed E-state index contributed by atoms with van der Waals surface area (Å²) in [7, 11) is 2.25. The minimum atomic E-state index is -0.226.